The summed E-state index contributed by atoms with van der Waals surface area (Å²) in [5, 5.41) is 12.1. The van der Waals surface area contributed by atoms with Gasteiger partial charge in [0, 0.05) is 32.8 Å². The number of para-hydroxylation sites is 2. The van der Waals surface area contributed by atoms with Gasteiger partial charge in [0.2, 0.25) is 0 Å². The summed E-state index contributed by atoms with van der Waals surface area (Å²) in [6, 6.07) is 51.0. The summed E-state index contributed by atoms with van der Waals surface area (Å²) in [6.45, 7) is 0. The van der Waals surface area contributed by atoms with E-state index in [9.17, 15) is 0 Å². The number of rotatable bonds is 4. The lowest BCUT2D eigenvalue weighted by molar-refractivity contribution is 0.409. The van der Waals surface area contributed by atoms with Crippen LogP contribution in [0.5, 0.6) is 0 Å². The number of benzene rings is 6. The SMILES string of the molecule is c1ccc(C2=NC(c3ccc4c5ccccc5n(-c5ccc6oc7ccccc7c6c5)c4c3)NC(c3ccccc3)N2)cc1. The van der Waals surface area contributed by atoms with Crippen molar-refractivity contribution in [1.82, 2.24) is 15.2 Å². The van der Waals surface area contributed by atoms with Crippen molar-refractivity contribution < 1.29 is 4.42 Å². The maximum Gasteiger partial charge on any atom is 0.135 e. The van der Waals surface area contributed by atoms with Crippen LogP contribution in [0.1, 0.15) is 29.0 Å². The van der Waals surface area contributed by atoms with Gasteiger partial charge in [-0.2, -0.15) is 0 Å². The van der Waals surface area contributed by atoms with Crippen LogP contribution in [-0.2, 0) is 0 Å². The van der Waals surface area contributed by atoms with Crippen LogP contribution in [0.25, 0.3) is 49.4 Å². The molecule has 5 heteroatoms. The number of aliphatic imine (C=N–C) groups is 1. The van der Waals surface area contributed by atoms with Gasteiger partial charge in [0.15, 0.2) is 0 Å². The Morgan fingerprint density at radius 3 is 2.11 bits per heavy atom. The first kappa shape index (κ1) is 24.9. The Hall–Kier alpha value is -5.65. The molecule has 2 aromatic heterocycles. The van der Waals surface area contributed by atoms with Gasteiger partial charge in [0.25, 0.3) is 0 Å². The third-order valence-corrected chi connectivity index (χ3v) is 8.68. The molecule has 0 saturated heterocycles. The van der Waals surface area contributed by atoms with Gasteiger partial charge in [0.1, 0.15) is 29.3 Å². The van der Waals surface area contributed by atoms with Crippen molar-refractivity contribution >= 4 is 49.6 Å². The van der Waals surface area contributed by atoms with Crippen molar-refractivity contribution in [3.8, 4) is 5.69 Å². The van der Waals surface area contributed by atoms with E-state index in [2.05, 4.69) is 137 Å². The lowest BCUT2D eigenvalue weighted by Crippen LogP contribution is -2.44. The second kappa shape index (κ2) is 9.97. The number of hydrogen-bond donors (Lipinski definition) is 2. The van der Waals surface area contributed by atoms with Gasteiger partial charge in [-0.05, 0) is 47.5 Å². The van der Waals surface area contributed by atoms with Gasteiger partial charge >= 0.3 is 0 Å². The minimum atomic E-state index is -0.243. The van der Waals surface area contributed by atoms with Gasteiger partial charge in [-0.15, -0.1) is 0 Å². The van der Waals surface area contributed by atoms with Crippen LogP contribution in [0.3, 0.4) is 0 Å². The molecule has 0 aliphatic carbocycles. The van der Waals surface area contributed by atoms with Gasteiger partial charge in [0.05, 0.1) is 11.0 Å². The largest absolute Gasteiger partial charge is 0.456 e. The van der Waals surface area contributed by atoms with E-state index in [0.717, 1.165) is 55.7 Å². The van der Waals surface area contributed by atoms with Crippen LogP contribution < -0.4 is 10.6 Å². The zero-order valence-corrected chi connectivity index (χ0v) is 23.8. The summed E-state index contributed by atoms with van der Waals surface area (Å²) >= 11 is 0. The summed E-state index contributed by atoms with van der Waals surface area (Å²) in [7, 11) is 0. The van der Waals surface area contributed by atoms with Crippen LogP contribution in [-0.4, -0.2) is 10.4 Å². The van der Waals surface area contributed by atoms with E-state index in [0.29, 0.717) is 0 Å². The standard InChI is InChI=1S/C39H28N4O/c1-3-11-25(12-4-1)37-40-38(26-13-5-2-6-14-26)42-39(41-37)27-19-21-30-29-15-7-9-17-33(29)43(34(30)23-27)28-20-22-36-32(24-28)31-16-8-10-18-35(31)44-36/h1-24,37,39,41H,(H,40,42). The number of amidine groups is 1. The predicted molar refractivity (Wildman–Crippen MR) is 179 cm³/mol. The molecule has 8 aromatic rings. The van der Waals surface area contributed by atoms with Gasteiger partial charge in [-0.25, -0.2) is 4.99 Å². The molecule has 44 heavy (non-hydrogen) atoms. The zero-order chi connectivity index (χ0) is 29.0. The number of aromatic nitrogens is 1. The molecule has 2 N–H and O–H groups in total. The normalized spacial score (nSPS) is 16.9. The molecule has 210 valence electrons. The van der Waals surface area contributed by atoms with Crippen molar-refractivity contribution in [3.63, 3.8) is 0 Å². The van der Waals surface area contributed by atoms with Crippen molar-refractivity contribution in [2.24, 2.45) is 4.99 Å². The molecule has 2 unspecified atom stereocenters. The molecule has 0 saturated carbocycles. The lowest BCUT2D eigenvalue weighted by atomic mass is 10.1. The fraction of sp³-hybridized carbons (Fsp3) is 0.0513. The molecule has 2 atom stereocenters. The molecule has 0 fully saturated rings. The highest BCUT2D eigenvalue weighted by Crippen LogP contribution is 2.37. The first-order valence-electron chi connectivity index (χ1n) is 15.0. The van der Waals surface area contributed by atoms with E-state index in [4.69, 9.17) is 9.41 Å². The third-order valence-electron chi connectivity index (χ3n) is 8.68. The Balaban J connectivity index is 1.23. The minimum absolute atomic E-state index is 0.0905. The smallest absolute Gasteiger partial charge is 0.135 e. The molecule has 9 rings (SSSR count). The number of nitrogens with zero attached hydrogens (tertiary/aromatic N) is 2. The van der Waals surface area contributed by atoms with Crippen LogP contribution in [0.4, 0.5) is 0 Å². The van der Waals surface area contributed by atoms with Crippen molar-refractivity contribution in [2.45, 2.75) is 12.3 Å². The number of nitrogens with one attached hydrogen (secondary N) is 2. The average molecular weight is 569 g/mol. The Kier molecular flexibility index (Phi) is 5.64. The summed E-state index contributed by atoms with van der Waals surface area (Å²) in [5.41, 5.74) is 8.54. The van der Waals surface area contributed by atoms with Crippen LogP contribution >= 0.6 is 0 Å². The Labute approximate surface area is 254 Å². The fourth-order valence-corrected chi connectivity index (χ4v) is 6.58. The average Bonchev–Trinajstić information content (AvgIpc) is 3.64. The molecular weight excluding hydrogens is 540 g/mol. The Bertz CT molecular complexity index is 2350. The van der Waals surface area contributed by atoms with E-state index >= 15 is 0 Å². The second-order valence-electron chi connectivity index (χ2n) is 11.3. The Morgan fingerprint density at radius 1 is 0.545 bits per heavy atom. The van der Waals surface area contributed by atoms with Crippen molar-refractivity contribution in [2.75, 3.05) is 0 Å². The van der Waals surface area contributed by atoms with E-state index < -0.39 is 0 Å². The fourth-order valence-electron chi connectivity index (χ4n) is 6.58. The van der Waals surface area contributed by atoms with E-state index in [1.807, 2.05) is 24.3 Å². The highest BCUT2D eigenvalue weighted by molar-refractivity contribution is 6.10. The maximum absolute atomic E-state index is 6.15. The highest BCUT2D eigenvalue weighted by Gasteiger charge is 2.26. The molecule has 0 amide bonds. The number of fused-ring (bicyclic) bond motifs is 6. The molecule has 0 bridgehead atoms. The predicted octanol–water partition coefficient (Wildman–Crippen LogP) is 9.02. The summed E-state index contributed by atoms with van der Waals surface area (Å²) in [4.78, 5) is 5.20. The molecule has 0 radical (unpaired) electrons. The first-order valence-corrected chi connectivity index (χ1v) is 15.0. The topological polar surface area (TPSA) is 54.5 Å². The first-order chi connectivity index (χ1) is 21.8. The quantitative estimate of drug-likeness (QED) is 0.223. The maximum atomic E-state index is 6.15. The summed E-state index contributed by atoms with van der Waals surface area (Å²) < 4.78 is 8.52. The van der Waals surface area contributed by atoms with E-state index in [1.165, 1.54) is 16.3 Å². The number of hydrogen-bond acceptors (Lipinski definition) is 4. The summed E-state index contributed by atoms with van der Waals surface area (Å²) in [6.07, 6.45) is -0.333. The number of furan rings is 1. The van der Waals surface area contributed by atoms with E-state index in [1.54, 1.807) is 0 Å². The highest BCUT2D eigenvalue weighted by atomic mass is 16.3. The second-order valence-corrected chi connectivity index (χ2v) is 11.3. The lowest BCUT2D eigenvalue weighted by Gasteiger charge is -2.32. The van der Waals surface area contributed by atoms with Crippen molar-refractivity contribution in [3.05, 3.63) is 162 Å². The van der Waals surface area contributed by atoms with Crippen LogP contribution in [0.2, 0.25) is 0 Å². The zero-order valence-electron chi connectivity index (χ0n) is 23.8. The van der Waals surface area contributed by atoms with E-state index in [-0.39, 0.29) is 12.3 Å². The molecular formula is C39H28N4O. The minimum Gasteiger partial charge on any atom is -0.456 e. The third kappa shape index (κ3) is 4.02. The van der Waals surface area contributed by atoms with Crippen LogP contribution in [0, 0.1) is 0 Å². The molecule has 5 nitrogen and oxygen atoms in total. The van der Waals surface area contributed by atoms with Gasteiger partial charge < -0.3 is 14.3 Å². The van der Waals surface area contributed by atoms with Gasteiger partial charge in [-0.1, -0.05) is 109 Å². The molecule has 1 aliphatic rings. The Morgan fingerprint density at radius 2 is 1.25 bits per heavy atom. The molecule has 3 heterocycles. The molecule has 6 aromatic carbocycles. The molecule has 1 aliphatic heterocycles. The van der Waals surface area contributed by atoms with Crippen LogP contribution in [0.15, 0.2) is 155 Å². The van der Waals surface area contributed by atoms with Gasteiger partial charge in [-0.3, -0.25) is 5.32 Å². The molecule has 0 spiro atoms. The monoisotopic (exact) mass is 568 g/mol. The summed E-state index contributed by atoms with van der Waals surface area (Å²) in [5.74, 6) is 0.876. The van der Waals surface area contributed by atoms with Crippen molar-refractivity contribution in [1.29, 1.82) is 0 Å².